The summed E-state index contributed by atoms with van der Waals surface area (Å²) in [6.45, 7) is 1.80. The minimum Gasteiger partial charge on any atom is -0.465 e. The summed E-state index contributed by atoms with van der Waals surface area (Å²) in [4.78, 5) is 17.5. The van der Waals surface area contributed by atoms with E-state index in [-0.39, 0.29) is 23.2 Å². The number of carbonyl (C=O) groups excluding carboxylic acids is 1. The molecule has 2 atom stereocenters. The Morgan fingerprint density at radius 2 is 2.27 bits per heavy atom. The van der Waals surface area contributed by atoms with Crippen molar-refractivity contribution in [1.82, 2.24) is 4.98 Å². The normalized spacial score (nSPS) is 16.8. The van der Waals surface area contributed by atoms with Crippen LogP contribution in [0.5, 0.6) is 0 Å². The number of nitriles is 1. The fourth-order valence-corrected chi connectivity index (χ4v) is 4.86. The van der Waals surface area contributed by atoms with Crippen molar-refractivity contribution in [1.29, 1.82) is 5.26 Å². The van der Waals surface area contributed by atoms with E-state index in [2.05, 4.69) is 4.98 Å². The van der Waals surface area contributed by atoms with Crippen LogP contribution >= 0.6 is 23.1 Å². The number of pyridine rings is 1. The first kappa shape index (κ1) is 22.1. The van der Waals surface area contributed by atoms with Gasteiger partial charge in [-0.2, -0.15) is 18.4 Å². The highest BCUT2D eigenvalue weighted by Crippen LogP contribution is 2.41. The lowest BCUT2D eigenvalue weighted by atomic mass is 9.97. The zero-order valence-electron chi connectivity index (χ0n) is 15.8. The predicted molar refractivity (Wildman–Crippen MR) is 110 cm³/mol. The maximum Gasteiger partial charge on any atom is 0.417 e. The number of hydrogen-bond acceptors (Lipinski definition) is 6. The van der Waals surface area contributed by atoms with Gasteiger partial charge in [0.2, 0.25) is 0 Å². The molecule has 0 radical (unpaired) electrons. The van der Waals surface area contributed by atoms with Gasteiger partial charge < -0.3 is 4.74 Å². The van der Waals surface area contributed by atoms with Crippen molar-refractivity contribution in [3.63, 3.8) is 0 Å². The molecule has 0 bridgehead atoms. The first-order chi connectivity index (χ1) is 14.3. The molecule has 0 aliphatic heterocycles. The van der Waals surface area contributed by atoms with Crippen LogP contribution in [0.15, 0.2) is 52.9 Å². The van der Waals surface area contributed by atoms with Gasteiger partial charge in [-0.25, -0.2) is 4.98 Å². The van der Waals surface area contributed by atoms with E-state index in [1.165, 1.54) is 11.3 Å². The quantitative estimate of drug-likeness (QED) is 0.408. The number of ether oxygens (including phenoxy) is 1. The van der Waals surface area contributed by atoms with Crippen molar-refractivity contribution in [3.8, 4) is 16.6 Å². The third-order valence-electron chi connectivity index (χ3n) is 4.34. The summed E-state index contributed by atoms with van der Waals surface area (Å²) >= 11 is 2.09. The van der Waals surface area contributed by atoms with Crippen LogP contribution in [0.1, 0.15) is 24.5 Å². The summed E-state index contributed by atoms with van der Waals surface area (Å²) in [6, 6.07) is 5.89. The standard InChI is InChI=1S/C21H17F3N2O2S2/c1-2-28-20(27)18(13-7-4-3-5-8-13)30-19-14(12-25)15(21(22,23)24)11-16(26-19)17-9-6-10-29-17/h3-7,9-11,13,18H,2,8H2,1H3. The van der Waals surface area contributed by atoms with Crippen LogP contribution in [0.4, 0.5) is 13.2 Å². The molecule has 9 heteroatoms. The van der Waals surface area contributed by atoms with Gasteiger partial charge in [0.25, 0.3) is 0 Å². The minimum absolute atomic E-state index is 0.112. The molecule has 0 fully saturated rings. The SMILES string of the molecule is CCOC(=O)C(Sc1nc(-c2cccs2)cc(C(F)(F)F)c1C#N)C1C=CC=CC1. The topological polar surface area (TPSA) is 63.0 Å². The lowest BCUT2D eigenvalue weighted by molar-refractivity contribution is -0.143. The first-order valence-electron chi connectivity index (χ1n) is 9.08. The van der Waals surface area contributed by atoms with Crippen molar-refractivity contribution >= 4 is 29.1 Å². The van der Waals surface area contributed by atoms with E-state index in [9.17, 15) is 23.2 Å². The highest BCUT2D eigenvalue weighted by Gasteiger charge is 2.38. The Hall–Kier alpha value is -2.57. The van der Waals surface area contributed by atoms with Gasteiger partial charge in [-0.15, -0.1) is 11.3 Å². The maximum atomic E-state index is 13.7. The molecule has 2 aromatic heterocycles. The van der Waals surface area contributed by atoms with E-state index >= 15 is 0 Å². The van der Waals surface area contributed by atoms with Crippen LogP contribution in [-0.4, -0.2) is 22.8 Å². The zero-order valence-corrected chi connectivity index (χ0v) is 17.5. The van der Waals surface area contributed by atoms with E-state index in [4.69, 9.17) is 4.74 Å². The number of carbonyl (C=O) groups is 1. The van der Waals surface area contributed by atoms with E-state index < -0.39 is 28.5 Å². The number of alkyl halides is 3. The third kappa shape index (κ3) is 4.94. The van der Waals surface area contributed by atoms with Gasteiger partial charge in [0.05, 0.1) is 28.3 Å². The number of halogens is 3. The number of esters is 1. The molecule has 0 N–H and O–H groups in total. The van der Waals surface area contributed by atoms with Crippen LogP contribution in [0.25, 0.3) is 10.6 Å². The molecule has 30 heavy (non-hydrogen) atoms. The van der Waals surface area contributed by atoms with E-state index in [1.54, 1.807) is 36.6 Å². The van der Waals surface area contributed by atoms with Gasteiger partial charge in [0.1, 0.15) is 16.3 Å². The summed E-state index contributed by atoms with van der Waals surface area (Å²) in [5.74, 6) is -0.833. The first-order valence-corrected chi connectivity index (χ1v) is 10.8. The van der Waals surface area contributed by atoms with Gasteiger partial charge in [-0.3, -0.25) is 4.79 Å². The summed E-state index contributed by atoms with van der Waals surface area (Å²) in [5, 5.41) is 10.3. The minimum atomic E-state index is -4.73. The van der Waals surface area contributed by atoms with Crippen LogP contribution in [0, 0.1) is 17.2 Å². The smallest absolute Gasteiger partial charge is 0.417 e. The second kappa shape index (κ2) is 9.49. The molecule has 4 nitrogen and oxygen atoms in total. The Kier molecular flexibility index (Phi) is 7.00. The highest BCUT2D eigenvalue weighted by molar-refractivity contribution is 8.00. The number of nitrogens with zero attached hydrogens (tertiary/aromatic N) is 2. The number of rotatable bonds is 6. The van der Waals surface area contributed by atoms with Gasteiger partial charge in [0, 0.05) is 5.92 Å². The average molecular weight is 451 g/mol. The van der Waals surface area contributed by atoms with Crippen molar-refractivity contribution < 1.29 is 22.7 Å². The molecule has 156 valence electrons. The summed E-state index contributed by atoms with van der Waals surface area (Å²) in [5.41, 5.74) is -1.54. The molecule has 0 aromatic carbocycles. The fraction of sp³-hybridized carbons (Fsp3) is 0.286. The third-order valence-corrected chi connectivity index (χ3v) is 6.54. The Bertz CT molecular complexity index is 1010. The summed E-state index contributed by atoms with van der Waals surface area (Å²) in [6.07, 6.45) is 3.10. The molecular weight excluding hydrogens is 433 g/mol. The predicted octanol–water partition coefficient (Wildman–Crippen LogP) is 5.86. The summed E-state index contributed by atoms with van der Waals surface area (Å²) in [7, 11) is 0. The van der Waals surface area contributed by atoms with E-state index in [0.717, 1.165) is 17.8 Å². The molecule has 0 amide bonds. The average Bonchev–Trinajstić information content (AvgIpc) is 3.26. The maximum absolute atomic E-state index is 13.7. The molecule has 0 saturated heterocycles. The van der Waals surface area contributed by atoms with Crippen LogP contribution in [0.3, 0.4) is 0 Å². The Morgan fingerprint density at radius 3 is 2.83 bits per heavy atom. The second-order valence-electron chi connectivity index (χ2n) is 6.33. The van der Waals surface area contributed by atoms with Crippen molar-refractivity contribution in [3.05, 3.63) is 59.0 Å². The number of hydrogen-bond donors (Lipinski definition) is 0. The van der Waals surface area contributed by atoms with Crippen LogP contribution < -0.4 is 0 Å². The Morgan fingerprint density at radius 1 is 1.47 bits per heavy atom. The molecule has 0 saturated carbocycles. The second-order valence-corrected chi connectivity index (χ2v) is 8.40. The number of thioether (sulfide) groups is 1. The zero-order chi connectivity index (χ0) is 21.7. The van der Waals surface area contributed by atoms with Crippen LogP contribution in [-0.2, 0) is 15.7 Å². The molecule has 2 aromatic rings. The molecule has 2 unspecified atom stereocenters. The Labute approximate surface area is 180 Å². The number of allylic oxidation sites excluding steroid dienone is 4. The number of aromatic nitrogens is 1. The highest BCUT2D eigenvalue weighted by atomic mass is 32.2. The lowest BCUT2D eigenvalue weighted by Crippen LogP contribution is -2.28. The largest absolute Gasteiger partial charge is 0.465 e. The molecule has 3 rings (SSSR count). The molecule has 0 spiro atoms. The fourth-order valence-electron chi connectivity index (χ4n) is 2.97. The Balaban J connectivity index is 2.10. The van der Waals surface area contributed by atoms with Crippen molar-refractivity contribution in [2.24, 2.45) is 5.92 Å². The molecular formula is C21H17F3N2O2S2. The molecule has 1 aliphatic rings. The molecule has 1 aliphatic carbocycles. The lowest BCUT2D eigenvalue weighted by Gasteiger charge is -2.23. The number of thiophene rings is 1. The van der Waals surface area contributed by atoms with Crippen molar-refractivity contribution in [2.45, 2.75) is 29.8 Å². The van der Waals surface area contributed by atoms with Gasteiger partial charge in [-0.1, -0.05) is 42.1 Å². The monoisotopic (exact) mass is 450 g/mol. The van der Waals surface area contributed by atoms with Gasteiger partial charge in [-0.05, 0) is 30.9 Å². The van der Waals surface area contributed by atoms with Crippen LogP contribution in [0.2, 0.25) is 0 Å². The summed E-state index contributed by atoms with van der Waals surface area (Å²) < 4.78 is 46.3. The van der Waals surface area contributed by atoms with Gasteiger partial charge >= 0.3 is 12.1 Å². The van der Waals surface area contributed by atoms with Gasteiger partial charge in [0.15, 0.2) is 0 Å². The van der Waals surface area contributed by atoms with Crippen molar-refractivity contribution in [2.75, 3.05) is 6.61 Å². The van der Waals surface area contributed by atoms with E-state index in [0.29, 0.717) is 11.3 Å². The molecule has 2 heterocycles. The van der Waals surface area contributed by atoms with E-state index in [1.807, 2.05) is 18.2 Å².